The first-order chi connectivity index (χ1) is 8.81. The van der Waals surface area contributed by atoms with Crippen LogP contribution in [-0.2, 0) is 6.54 Å². The SMILES string of the molecule is CN=C(NC)NCc1ccc(OCC2CC2)nc1.I. The minimum absolute atomic E-state index is 0. The first-order valence-corrected chi connectivity index (χ1v) is 6.28. The molecule has 106 valence electrons. The second kappa shape index (κ2) is 8.19. The van der Waals surface area contributed by atoms with Gasteiger partial charge in [-0.2, -0.15) is 0 Å². The molecule has 2 N–H and O–H groups in total. The van der Waals surface area contributed by atoms with E-state index in [0.717, 1.165) is 24.0 Å². The molecule has 2 rings (SSSR count). The Morgan fingerprint density at radius 2 is 2.26 bits per heavy atom. The lowest BCUT2D eigenvalue weighted by molar-refractivity contribution is 0.288. The van der Waals surface area contributed by atoms with E-state index in [1.807, 2.05) is 25.4 Å². The monoisotopic (exact) mass is 376 g/mol. The van der Waals surface area contributed by atoms with Crippen molar-refractivity contribution in [3.05, 3.63) is 23.9 Å². The van der Waals surface area contributed by atoms with Gasteiger partial charge in [0, 0.05) is 32.9 Å². The topological polar surface area (TPSA) is 58.5 Å². The number of aromatic nitrogens is 1. The van der Waals surface area contributed by atoms with Crippen LogP contribution >= 0.6 is 24.0 Å². The molecule has 0 radical (unpaired) electrons. The number of halogens is 1. The predicted octanol–water partition coefficient (Wildman–Crippen LogP) is 1.78. The number of aliphatic imine (C=N–C) groups is 1. The summed E-state index contributed by atoms with van der Waals surface area (Å²) in [5, 5.41) is 6.14. The molecule has 0 unspecified atom stereocenters. The smallest absolute Gasteiger partial charge is 0.213 e. The summed E-state index contributed by atoms with van der Waals surface area (Å²) in [6.45, 7) is 1.50. The van der Waals surface area contributed by atoms with Crippen LogP contribution in [0.2, 0.25) is 0 Å². The Kier molecular flexibility index (Phi) is 6.90. The maximum absolute atomic E-state index is 5.59. The maximum Gasteiger partial charge on any atom is 0.213 e. The number of ether oxygens (including phenoxy) is 1. The lowest BCUT2D eigenvalue weighted by atomic mass is 10.3. The predicted molar refractivity (Wildman–Crippen MR) is 87.1 cm³/mol. The lowest BCUT2D eigenvalue weighted by Gasteiger charge is -2.09. The highest BCUT2D eigenvalue weighted by Gasteiger charge is 2.21. The Bertz CT molecular complexity index is 404. The Morgan fingerprint density at radius 1 is 1.47 bits per heavy atom. The van der Waals surface area contributed by atoms with Gasteiger partial charge in [-0.05, 0) is 24.3 Å². The van der Waals surface area contributed by atoms with Crippen molar-refractivity contribution in [1.29, 1.82) is 0 Å². The van der Waals surface area contributed by atoms with Gasteiger partial charge < -0.3 is 15.4 Å². The molecule has 19 heavy (non-hydrogen) atoms. The van der Waals surface area contributed by atoms with Crippen molar-refractivity contribution in [2.24, 2.45) is 10.9 Å². The van der Waals surface area contributed by atoms with Gasteiger partial charge in [-0.3, -0.25) is 4.99 Å². The van der Waals surface area contributed by atoms with Crippen LogP contribution in [0.4, 0.5) is 0 Å². The molecule has 1 heterocycles. The highest BCUT2D eigenvalue weighted by molar-refractivity contribution is 14.0. The molecule has 1 fully saturated rings. The minimum atomic E-state index is 0. The van der Waals surface area contributed by atoms with Crippen LogP contribution in [0.5, 0.6) is 5.88 Å². The molecular formula is C13H21IN4O. The van der Waals surface area contributed by atoms with Gasteiger partial charge in [0.25, 0.3) is 0 Å². The fourth-order valence-corrected chi connectivity index (χ4v) is 1.55. The molecule has 1 aliphatic carbocycles. The second-order valence-electron chi connectivity index (χ2n) is 4.43. The zero-order valence-electron chi connectivity index (χ0n) is 11.3. The van der Waals surface area contributed by atoms with Crippen LogP contribution in [0, 0.1) is 5.92 Å². The number of nitrogens with one attached hydrogen (secondary N) is 2. The summed E-state index contributed by atoms with van der Waals surface area (Å²) < 4.78 is 5.59. The van der Waals surface area contributed by atoms with Crippen molar-refractivity contribution < 1.29 is 4.74 Å². The highest BCUT2D eigenvalue weighted by atomic mass is 127. The summed E-state index contributed by atoms with van der Waals surface area (Å²) >= 11 is 0. The zero-order chi connectivity index (χ0) is 12.8. The van der Waals surface area contributed by atoms with Crippen molar-refractivity contribution in [2.75, 3.05) is 20.7 Å². The number of pyridine rings is 1. The summed E-state index contributed by atoms with van der Waals surface area (Å²) in [5.74, 6) is 2.24. The average molecular weight is 376 g/mol. The van der Waals surface area contributed by atoms with Crippen LogP contribution in [0.25, 0.3) is 0 Å². The van der Waals surface area contributed by atoms with Gasteiger partial charge in [-0.1, -0.05) is 6.07 Å². The quantitative estimate of drug-likeness (QED) is 0.467. The van der Waals surface area contributed by atoms with Gasteiger partial charge in [-0.15, -0.1) is 24.0 Å². The Hall–Kier alpha value is -1.05. The molecule has 6 heteroatoms. The van der Waals surface area contributed by atoms with Gasteiger partial charge in [0.15, 0.2) is 5.96 Å². The molecule has 1 aromatic heterocycles. The second-order valence-corrected chi connectivity index (χ2v) is 4.43. The fraction of sp³-hybridized carbons (Fsp3) is 0.538. The maximum atomic E-state index is 5.59. The molecule has 0 saturated heterocycles. The molecule has 0 spiro atoms. The number of hydrogen-bond acceptors (Lipinski definition) is 3. The van der Waals surface area contributed by atoms with E-state index in [2.05, 4.69) is 20.6 Å². The largest absolute Gasteiger partial charge is 0.477 e. The molecule has 0 atom stereocenters. The van der Waals surface area contributed by atoms with E-state index >= 15 is 0 Å². The Morgan fingerprint density at radius 3 is 2.79 bits per heavy atom. The van der Waals surface area contributed by atoms with Crippen molar-refractivity contribution >= 4 is 29.9 Å². The third kappa shape index (κ3) is 5.63. The Balaban J connectivity index is 0.00000180. The fourth-order valence-electron chi connectivity index (χ4n) is 1.55. The van der Waals surface area contributed by atoms with E-state index in [0.29, 0.717) is 12.4 Å². The van der Waals surface area contributed by atoms with Crippen LogP contribution in [0.15, 0.2) is 23.3 Å². The molecular weight excluding hydrogens is 355 g/mol. The number of hydrogen-bond donors (Lipinski definition) is 2. The van der Waals surface area contributed by atoms with Gasteiger partial charge in [0.1, 0.15) is 0 Å². The van der Waals surface area contributed by atoms with Crippen LogP contribution < -0.4 is 15.4 Å². The van der Waals surface area contributed by atoms with Crippen molar-refractivity contribution in [3.63, 3.8) is 0 Å². The summed E-state index contributed by atoms with van der Waals surface area (Å²) in [7, 11) is 3.58. The Labute approximate surface area is 131 Å². The van der Waals surface area contributed by atoms with Gasteiger partial charge in [0.2, 0.25) is 5.88 Å². The summed E-state index contributed by atoms with van der Waals surface area (Å²) in [6.07, 6.45) is 4.43. The van der Waals surface area contributed by atoms with Crippen LogP contribution in [-0.4, -0.2) is 31.6 Å². The summed E-state index contributed by atoms with van der Waals surface area (Å²) in [6, 6.07) is 3.94. The molecule has 1 saturated carbocycles. The first-order valence-electron chi connectivity index (χ1n) is 6.28. The standard InChI is InChI=1S/C13H20N4O.HI/c1-14-13(15-2)17-8-11-5-6-12(16-7-11)18-9-10-3-4-10;/h5-7,10H,3-4,8-9H2,1-2H3,(H2,14,15,17);1H. The molecule has 0 aromatic carbocycles. The molecule has 5 nitrogen and oxygen atoms in total. The van der Waals surface area contributed by atoms with E-state index in [1.165, 1.54) is 12.8 Å². The van der Waals surface area contributed by atoms with Gasteiger partial charge in [0.05, 0.1) is 6.61 Å². The van der Waals surface area contributed by atoms with Gasteiger partial charge in [-0.25, -0.2) is 4.98 Å². The number of guanidine groups is 1. The van der Waals surface area contributed by atoms with Crippen LogP contribution in [0.3, 0.4) is 0 Å². The van der Waals surface area contributed by atoms with Crippen molar-refractivity contribution in [1.82, 2.24) is 15.6 Å². The molecule has 1 aromatic rings. The first kappa shape index (κ1) is 16.0. The number of nitrogens with zero attached hydrogens (tertiary/aromatic N) is 2. The third-order valence-electron chi connectivity index (χ3n) is 2.88. The normalized spacial score (nSPS) is 14.5. The van der Waals surface area contributed by atoms with E-state index in [1.54, 1.807) is 7.05 Å². The summed E-state index contributed by atoms with van der Waals surface area (Å²) in [4.78, 5) is 8.33. The highest BCUT2D eigenvalue weighted by Crippen LogP contribution is 2.29. The zero-order valence-corrected chi connectivity index (χ0v) is 13.7. The molecule has 0 amide bonds. The molecule has 0 aliphatic heterocycles. The summed E-state index contributed by atoms with van der Waals surface area (Å²) in [5.41, 5.74) is 1.10. The van der Waals surface area contributed by atoms with E-state index in [4.69, 9.17) is 4.74 Å². The average Bonchev–Trinajstić information content (AvgIpc) is 3.23. The van der Waals surface area contributed by atoms with Crippen LogP contribution in [0.1, 0.15) is 18.4 Å². The molecule has 0 bridgehead atoms. The third-order valence-corrected chi connectivity index (χ3v) is 2.88. The lowest BCUT2D eigenvalue weighted by Crippen LogP contribution is -2.34. The number of rotatable bonds is 5. The van der Waals surface area contributed by atoms with Gasteiger partial charge >= 0.3 is 0 Å². The van der Waals surface area contributed by atoms with Crippen molar-refractivity contribution in [3.8, 4) is 5.88 Å². The van der Waals surface area contributed by atoms with E-state index in [9.17, 15) is 0 Å². The van der Waals surface area contributed by atoms with E-state index in [-0.39, 0.29) is 24.0 Å². The van der Waals surface area contributed by atoms with E-state index < -0.39 is 0 Å². The molecule has 1 aliphatic rings. The van der Waals surface area contributed by atoms with Crippen molar-refractivity contribution in [2.45, 2.75) is 19.4 Å². The minimum Gasteiger partial charge on any atom is -0.477 e.